The highest BCUT2D eigenvalue weighted by Crippen LogP contribution is 2.13. The van der Waals surface area contributed by atoms with Gasteiger partial charge in [-0.1, -0.05) is 0 Å². The van der Waals surface area contributed by atoms with Crippen LogP contribution in [0.4, 0.5) is 0 Å². The van der Waals surface area contributed by atoms with Crippen LogP contribution in [-0.4, -0.2) is 41.1 Å². The predicted molar refractivity (Wildman–Crippen MR) is 47.4 cm³/mol. The van der Waals surface area contributed by atoms with E-state index in [1.165, 1.54) is 0 Å². The Morgan fingerprint density at radius 2 is 2.62 bits per heavy atom. The monoisotopic (exact) mass is 178 g/mol. The molecular formula is C9H12N3O. The van der Waals surface area contributed by atoms with Crippen LogP contribution in [0.1, 0.15) is 6.42 Å². The molecule has 1 aromatic rings. The van der Waals surface area contributed by atoms with Crippen LogP contribution in [0.3, 0.4) is 0 Å². The van der Waals surface area contributed by atoms with E-state index in [0.29, 0.717) is 5.88 Å². The largest absolute Gasteiger partial charge is 0.473 e. The van der Waals surface area contributed by atoms with Gasteiger partial charge in [-0.15, -0.1) is 0 Å². The maximum absolute atomic E-state index is 5.62. The molecule has 1 aliphatic rings. The van der Waals surface area contributed by atoms with E-state index in [0.717, 1.165) is 19.5 Å². The smallest absolute Gasteiger partial charge is 0.217 e. The fourth-order valence-electron chi connectivity index (χ4n) is 1.48. The Morgan fingerprint density at radius 3 is 3.23 bits per heavy atom. The Hall–Kier alpha value is -1.16. The molecule has 1 fully saturated rings. The van der Waals surface area contributed by atoms with Crippen LogP contribution in [0.15, 0.2) is 12.3 Å². The van der Waals surface area contributed by atoms with E-state index in [2.05, 4.69) is 28.2 Å². The zero-order chi connectivity index (χ0) is 9.10. The van der Waals surface area contributed by atoms with Gasteiger partial charge in [0.2, 0.25) is 12.2 Å². The molecule has 4 heteroatoms. The van der Waals surface area contributed by atoms with Gasteiger partial charge in [-0.05, 0) is 13.5 Å². The molecule has 69 valence electrons. The fourth-order valence-corrected chi connectivity index (χ4v) is 1.48. The number of nitrogens with zero attached hydrogens (tertiary/aromatic N) is 3. The van der Waals surface area contributed by atoms with Gasteiger partial charge >= 0.3 is 0 Å². The first kappa shape index (κ1) is 8.44. The summed E-state index contributed by atoms with van der Waals surface area (Å²) in [6.45, 7) is 2.07. The summed E-state index contributed by atoms with van der Waals surface area (Å²) in [5.41, 5.74) is 0. The van der Waals surface area contributed by atoms with E-state index in [1.54, 1.807) is 12.3 Å². The Bertz CT molecular complexity index is 265. The topological polar surface area (TPSA) is 38.2 Å². The fraction of sp³-hybridized carbons (Fsp3) is 0.556. The van der Waals surface area contributed by atoms with E-state index < -0.39 is 0 Å². The second-order valence-corrected chi connectivity index (χ2v) is 3.29. The molecule has 4 nitrogen and oxygen atoms in total. The molecule has 1 saturated heterocycles. The zero-order valence-corrected chi connectivity index (χ0v) is 7.60. The Balaban J connectivity index is 1.92. The Kier molecular flexibility index (Phi) is 2.40. The highest BCUT2D eigenvalue weighted by atomic mass is 16.5. The van der Waals surface area contributed by atoms with Crippen LogP contribution >= 0.6 is 0 Å². The van der Waals surface area contributed by atoms with Crippen LogP contribution in [-0.2, 0) is 0 Å². The van der Waals surface area contributed by atoms with Crippen LogP contribution in [0.5, 0.6) is 5.88 Å². The van der Waals surface area contributed by atoms with Crippen molar-refractivity contribution in [1.29, 1.82) is 0 Å². The third kappa shape index (κ3) is 2.15. The second-order valence-electron chi connectivity index (χ2n) is 3.29. The van der Waals surface area contributed by atoms with Gasteiger partial charge < -0.3 is 9.64 Å². The summed E-state index contributed by atoms with van der Waals surface area (Å²) in [6.07, 6.45) is 5.49. The Morgan fingerprint density at radius 1 is 1.69 bits per heavy atom. The minimum atomic E-state index is 0.272. The van der Waals surface area contributed by atoms with Crippen LogP contribution < -0.4 is 4.74 Å². The zero-order valence-electron chi connectivity index (χ0n) is 7.60. The third-order valence-corrected chi connectivity index (χ3v) is 2.15. The summed E-state index contributed by atoms with van der Waals surface area (Å²) in [7, 11) is 2.09. The summed E-state index contributed by atoms with van der Waals surface area (Å²) < 4.78 is 5.62. The summed E-state index contributed by atoms with van der Waals surface area (Å²) >= 11 is 0. The van der Waals surface area contributed by atoms with E-state index >= 15 is 0 Å². The lowest BCUT2D eigenvalue weighted by Crippen LogP contribution is -2.21. The molecule has 0 bridgehead atoms. The molecular weight excluding hydrogens is 166 g/mol. The number of ether oxygens (including phenoxy) is 1. The SMILES string of the molecule is CN1CCC(Oc2ccn[c]n2)C1. The Labute approximate surface area is 77.6 Å². The average molecular weight is 178 g/mol. The maximum atomic E-state index is 5.62. The summed E-state index contributed by atoms with van der Waals surface area (Å²) in [6, 6.07) is 1.76. The molecule has 1 atom stereocenters. The highest BCUT2D eigenvalue weighted by Gasteiger charge is 2.20. The molecule has 1 radical (unpaired) electrons. The molecule has 0 saturated carbocycles. The van der Waals surface area contributed by atoms with Gasteiger partial charge in [0.1, 0.15) is 6.10 Å². The van der Waals surface area contributed by atoms with Crippen molar-refractivity contribution < 1.29 is 4.74 Å². The quantitative estimate of drug-likeness (QED) is 0.655. The van der Waals surface area contributed by atoms with Crippen molar-refractivity contribution in [1.82, 2.24) is 14.9 Å². The first-order chi connectivity index (χ1) is 6.34. The van der Waals surface area contributed by atoms with Crippen molar-refractivity contribution in [2.24, 2.45) is 0 Å². The molecule has 1 aromatic heterocycles. The first-order valence-corrected chi connectivity index (χ1v) is 4.39. The van der Waals surface area contributed by atoms with Gasteiger partial charge in [0.25, 0.3) is 0 Å². The van der Waals surface area contributed by atoms with Crippen molar-refractivity contribution in [3.05, 3.63) is 18.6 Å². The highest BCUT2D eigenvalue weighted by molar-refractivity contribution is 5.05. The number of rotatable bonds is 2. The van der Waals surface area contributed by atoms with Crippen molar-refractivity contribution in [2.75, 3.05) is 20.1 Å². The van der Waals surface area contributed by atoms with Gasteiger partial charge in [0, 0.05) is 25.4 Å². The lowest BCUT2D eigenvalue weighted by molar-refractivity contribution is 0.199. The predicted octanol–water partition coefficient (Wildman–Crippen LogP) is 0.360. The van der Waals surface area contributed by atoms with E-state index in [1.807, 2.05) is 0 Å². The standard InChI is InChI=1S/C9H12N3O/c1-12-5-3-8(6-12)13-9-2-4-10-7-11-9/h2,4,8H,3,5-6H2,1H3. The molecule has 1 aliphatic heterocycles. The van der Waals surface area contributed by atoms with Gasteiger partial charge in [0.15, 0.2) is 0 Å². The number of likely N-dealkylation sites (N-methyl/N-ethyl adjacent to an activating group) is 1. The maximum Gasteiger partial charge on any atom is 0.217 e. The van der Waals surface area contributed by atoms with E-state index in [-0.39, 0.29) is 6.10 Å². The van der Waals surface area contributed by atoms with Gasteiger partial charge in [-0.25, -0.2) is 4.98 Å². The lowest BCUT2D eigenvalue weighted by Gasteiger charge is -2.11. The first-order valence-electron chi connectivity index (χ1n) is 4.39. The lowest BCUT2D eigenvalue weighted by atomic mass is 10.3. The van der Waals surface area contributed by atoms with Crippen LogP contribution in [0.2, 0.25) is 0 Å². The number of aromatic nitrogens is 2. The molecule has 0 spiro atoms. The van der Waals surface area contributed by atoms with E-state index in [4.69, 9.17) is 4.74 Å². The second kappa shape index (κ2) is 3.70. The van der Waals surface area contributed by atoms with Crippen molar-refractivity contribution in [3.63, 3.8) is 0 Å². The summed E-state index contributed by atoms with van der Waals surface area (Å²) in [5, 5.41) is 0. The molecule has 13 heavy (non-hydrogen) atoms. The normalized spacial score (nSPS) is 23.3. The van der Waals surface area contributed by atoms with Crippen molar-refractivity contribution in [3.8, 4) is 5.88 Å². The molecule has 0 aromatic carbocycles. The van der Waals surface area contributed by atoms with E-state index in [9.17, 15) is 0 Å². The molecule has 0 N–H and O–H groups in total. The van der Waals surface area contributed by atoms with Gasteiger partial charge in [0.05, 0.1) is 0 Å². The minimum Gasteiger partial charge on any atom is -0.473 e. The molecule has 2 rings (SSSR count). The number of hydrogen-bond acceptors (Lipinski definition) is 4. The minimum absolute atomic E-state index is 0.272. The van der Waals surface area contributed by atoms with Gasteiger partial charge in [-0.3, -0.25) is 0 Å². The number of likely N-dealkylation sites (tertiary alicyclic amines) is 1. The molecule has 0 aliphatic carbocycles. The molecule has 2 heterocycles. The van der Waals surface area contributed by atoms with Crippen molar-refractivity contribution in [2.45, 2.75) is 12.5 Å². The molecule has 1 unspecified atom stereocenters. The van der Waals surface area contributed by atoms with Gasteiger partial charge in [-0.2, -0.15) is 4.98 Å². The summed E-state index contributed by atoms with van der Waals surface area (Å²) in [5.74, 6) is 0.621. The number of hydrogen-bond donors (Lipinski definition) is 0. The summed E-state index contributed by atoms with van der Waals surface area (Å²) in [4.78, 5) is 9.84. The van der Waals surface area contributed by atoms with Crippen molar-refractivity contribution >= 4 is 0 Å². The average Bonchev–Trinajstić information content (AvgIpc) is 2.53. The van der Waals surface area contributed by atoms with Crippen LogP contribution in [0.25, 0.3) is 0 Å². The molecule has 0 amide bonds. The third-order valence-electron chi connectivity index (χ3n) is 2.15. The van der Waals surface area contributed by atoms with Crippen LogP contribution in [0, 0.1) is 6.33 Å².